The number of hydrogen-bond acceptors (Lipinski definition) is 6. The summed E-state index contributed by atoms with van der Waals surface area (Å²) in [6.07, 6.45) is 1.04. The SMILES string of the molecule is O=C(Nc1cccc(-c2noc(=O)[nH]2)c1)C1CCCN1S(=O)(=O)c1ccccc1. The second-order valence-electron chi connectivity index (χ2n) is 6.60. The summed E-state index contributed by atoms with van der Waals surface area (Å²) in [6.45, 7) is 0.287. The van der Waals surface area contributed by atoms with Crippen LogP contribution < -0.4 is 11.1 Å². The van der Waals surface area contributed by atoms with Crippen LogP contribution in [0.2, 0.25) is 0 Å². The number of anilines is 1. The van der Waals surface area contributed by atoms with E-state index in [1.165, 1.54) is 16.4 Å². The molecule has 0 radical (unpaired) electrons. The maximum absolute atomic E-state index is 12.9. The van der Waals surface area contributed by atoms with Crippen molar-refractivity contribution in [2.45, 2.75) is 23.8 Å². The Labute approximate surface area is 166 Å². The standard InChI is InChI=1S/C19H18N4O5S/c24-18(20-14-7-4-6-13(12-14)17-21-19(25)28-22-17)16-10-5-11-23(16)29(26,27)15-8-2-1-3-9-15/h1-4,6-9,12,16H,5,10-11H2,(H,20,24)(H,21,22,25). The largest absolute Gasteiger partial charge is 0.439 e. The number of hydrogen-bond donors (Lipinski definition) is 2. The van der Waals surface area contributed by atoms with Gasteiger partial charge in [-0.1, -0.05) is 35.5 Å². The summed E-state index contributed by atoms with van der Waals surface area (Å²) in [5.74, 6) is -0.852. The molecular formula is C19H18N4O5S. The molecule has 0 bridgehead atoms. The Balaban J connectivity index is 1.55. The van der Waals surface area contributed by atoms with Crippen molar-refractivity contribution in [3.8, 4) is 11.4 Å². The van der Waals surface area contributed by atoms with Crippen molar-refractivity contribution >= 4 is 21.6 Å². The number of nitrogens with one attached hydrogen (secondary N) is 2. The fourth-order valence-corrected chi connectivity index (χ4v) is 5.02. The lowest BCUT2D eigenvalue weighted by atomic mass is 10.1. The van der Waals surface area contributed by atoms with Gasteiger partial charge in [-0.2, -0.15) is 4.31 Å². The van der Waals surface area contributed by atoms with Crippen molar-refractivity contribution in [2.75, 3.05) is 11.9 Å². The number of nitrogens with zero attached hydrogens (tertiary/aromatic N) is 2. The predicted molar refractivity (Wildman–Crippen MR) is 105 cm³/mol. The lowest BCUT2D eigenvalue weighted by molar-refractivity contribution is -0.119. The van der Waals surface area contributed by atoms with Crippen LogP contribution in [-0.2, 0) is 14.8 Å². The molecule has 10 heteroatoms. The lowest BCUT2D eigenvalue weighted by Crippen LogP contribution is -2.43. The van der Waals surface area contributed by atoms with Gasteiger partial charge in [0.1, 0.15) is 6.04 Å². The predicted octanol–water partition coefficient (Wildman–Crippen LogP) is 1.82. The molecule has 150 valence electrons. The highest BCUT2D eigenvalue weighted by Gasteiger charge is 2.39. The topological polar surface area (TPSA) is 125 Å². The number of carbonyl (C=O) groups is 1. The molecule has 2 heterocycles. The first-order valence-electron chi connectivity index (χ1n) is 8.99. The van der Waals surface area contributed by atoms with Gasteiger partial charge in [0.15, 0.2) is 5.82 Å². The molecular weight excluding hydrogens is 396 g/mol. The van der Waals surface area contributed by atoms with Crippen molar-refractivity contribution in [1.29, 1.82) is 0 Å². The lowest BCUT2D eigenvalue weighted by Gasteiger charge is -2.23. The van der Waals surface area contributed by atoms with E-state index in [1.807, 2.05) is 0 Å². The van der Waals surface area contributed by atoms with Crippen LogP contribution in [0.1, 0.15) is 12.8 Å². The van der Waals surface area contributed by atoms with Crippen molar-refractivity contribution < 1.29 is 17.7 Å². The van der Waals surface area contributed by atoms with E-state index < -0.39 is 27.7 Å². The zero-order chi connectivity index (χ0) is 20.4. The number of sulfonamides is 1. The van der Waals surface area contributed by atoms with E-state index in [2.05, 4.69) is 20.0 Å². The smallest absolute Gasteiger partial charge is 0.325 e. The minimum Gasteiger partial charge on any atom is -0.325 e. The molecule has 3 aromatic rings. The molecule has 1 atom stereocenters. The van der Waals surface area contributed by atoms with E-state index in [1.54, 1.807) is 42.5 Å². The van der Waals surface area contributed by atoms with Gasteiger partial charge < -0.3 is 5.32 Å². The van der Waals surface area contributed by atoms with Crippen LogP contribution in [0.3, 0.4) is 0 Å². The summed E-state index contributed by atoms with van der Waals surface area (Å²) in [5, 5.41) is 6.38. The van der Waals surface area contributed by atoms with Crippen molar-refractivity contribution in [2.24, 2.45) is 0 Å². The van der Waals surface area contributed by atoms with Crippen molar-refractivity contribution in [3.63, 3.8) is 0 Å². The number of aromatic amines is 1. The molecule has 1 aromatic heterocycles. The van der Waals surface area contributed by atoms with Gasteiger partial charge in [-0.05, 0) is 37.1 Å². The van der Waals surface area contributed by atoms with Crippen LogP contribution >= 0.6 is 0 Å². The zero-order valence-corrected chi connectivity index (χ0v) is 16.1. The summed E-state index contributed by atoms with van der Waals surface area (Å²) in [4.78, 5) is 26.6. The molecule has 0 spiro atoms. The molecule has 1 saturated heterocycles. The maximum atomic E-state index is 12.9. The Kier molecular flexibility index (Phi) is 5.03. The molecule has 29 heavy (non-hydrogen) atoms. The first-order valence-corrected chi connectivity index (χ1v) is 10.4. The summed E-state index contributed by atoms with van der Waals surface area (Å²) < 4.78 is 31.6. The van der Waals surface area contributed by atoms with Crippen LogP contribution in [0.4, 0.5) is 5.69 Å². The van der Waals surface area contributed by atoms with Crippen molar-refractivity contribution in [3.05, 3.63) is 65.1 Å². The minimum absolute atomic E-state index is 0.164. The minimum atomic E-state index is -3.76. The van der Waals surface area contributed by atoms with Crippen LogP contribution in [0.25, 0.3) is 11.4 Å². The second-order valence-corrected chi connectivity index (χ2v) is 8.49. The van der Waals surface area contributed by atoms with E-state index in [-0.39, 0.29) is 17.3 Å². The molecule has 1 amide bonds. The molecule has 2 N–H and O–H groups in total. The normalized spacial score (nSPS) is 17.3. The number of benzene rings is 2. The molecule has 2 aromatic carbocycles. The molecule has 0 saturated carbocycles. The molecule has 4 rings (SSSR count). The summed E-state index contributed by atoms with van der Waals surface area (Å²) in [5.41, 5.74) is 1.01. The Hall–Kier alpha value is -3.24. The third-order valence-electron chi connectivity index (χ3n) is 4.70. The number of H-pyrrole nitrogens is 1. The second kappa shape index (κ2) is 7.64. The van der Waals surface area contributed by atoms with Crippen LogP contribution in [0.5, 0.6) is 0 Å². The van der Waals surface area contributed by atoms with Gasteiger partial charge in [-0.15, -0.1) is 0 Å². The highest BCUT2D eigenvalue weighted by Crippen LogP contribution is 2.27. The average Bonchev–Trinajstić information content (AvgIpc) is 3.38. The van der Waals surface area contributed by atoms with Gasteiger partial charge in [0, 0.05) is 17.8 Å². The molecule has 1 aliphatic heterocycles. The molecule has 0 aliphatic carbocycles. The van der Waals surface area contributed by atoms with Gasteiger partial charge in [-0.3, -0.25) is 14.3 Å². The van der Waals surface area contributed by atoms with Crippen molar-refractivity contribution in [1.82, 2.24) is 14.4 Å². The highest BCUT2D eigenvalue weighted by molar-refractivity contribution is 7.89. The number of rotatable bonds is 5. The van der Waals surface area contributed by atoms with Gasteiger partial charge in [0.2, 0.25) is 15.9 Å². The van der Waals surface area contributed by atoms with E-state index in [4.69, 9.17) is 0 Å². The average molecular weight is 414 g/mol. The van der Waals surface area contributed by atoms with E-state index in [0.29, 0.717) is 24.1 Å². The van der Waals surface area contributed by atoms with Gasteiger partial charge >= 0.3 is 5.76 Å². The van der Waals surface area contributed by atoms with E-state index in [0.717, 1.165) is 0 Å². The van der Waals surface area contributed by atoms with Gasteiger partial charge in [0.05, 0.1) is 4.90 Å². The number of amides is 1. The van der Waals surface area contributed by atoms with Crippen LogP contribution in [0, 0.1) is 0 Å². The summed E-state index contributed by atoms with van der Waals surface area (Å²) in [6, 6.07) is 14.0. The first-order chi connectivity index (χ1) is 13.9. The van der Waals surface area contributed by atoms with E-state index >= 15 is 0 Å². The summed E-state index contributed by atoms with van der Waals surface area (Å²) >= 11 is 0. The summed E-state index contributed by atoms with van der Waals surface area (Å²) in [7, 11) is -3.76. The quantitative estimate of drug-likeness (QED) is 0.656. The Morgan fingerprint density at radius 3 is 2.69 bits per heavy atom. The third-order valence-corrected chi connectivity index (χ3v) is 6.62. The Bertz CT molecular complexity index is 1190. The van der Waals surface area contributed by atoms with Gasteiger partial charge in [0.25, 0.3) is 0 Å². The fraction of sp³-hybridized carbons (Fsp3) is 0.211. The third kappa shape index (κ3) is 3.84. The van der Waals surface area contributed by atoms with Crippen LogP contribution in [0.15, 0.2) is 68.8 Å². The molecule has 9 nitrogen and oxygen atoms in total. The molecule has 1 aliphatic rings. The Morgan fingerprint density at radius 1 is 1.17 bits per heavy atom. The van der Waals surface area contributed by atoms with E-state index in [9.17, 15) is 18.0 Å². The highest BCUT2D eigenvalue weighted by atomic mass is 32.2. The zero-order valence-electron chi connectivity index (χ0n) is 15.2. The van der Waals surface area contributed by atoms with Gasteiger partial charge in [-0.25, -0.2) is 13.2 Å². The number of carbonyl (C=O) groups excluding carboxylic acids is 1. The Morgan fingerprint density at radius 2 is 1.97 bits per heavy atom. The first kappa shape index (κ1) is 19.1. The molecule has 1 fully saturated rings. The fourth-order valence-electron chi connectivity index (χ4n) is 3.34. The molecule has 1 unspecified atom stereocenters. The monoisotopic (exact) mass is 414 g/mol. The van der Waals surface area contributed by atoms with Crippen LogP contribution in [-0.4, -0.2) is 41.4 Å². The maximum Gasteiger partial charge on any atom is 0.439 e. The number of aromatic nitrogens is 2.